The highest BCUT2D eigenvalue weighted by atomic mass is 14.1. The summed E-state index contributed by atoms with van der Waals surface area (Å²) >= 11 is 0. The molecule has 0 radical (unpaired) electrons. The smallest absolute Gasteiger partial charge is 0.00266 e. The molecule has 0 nitrogen and oxygen atoms in total. The highest BCUT2D eigenvalue weighted by Crippen LogP contribution is 2.38. The Morgan fingerprint density at radius 2 is 0.439 bits per heavy atom. The van der Waals surface area contributed by atoms with E-state index in [1.807, 2.05) is 12.1 Å². The first-order valence-electron chi connectivity index (χ1n) is 22.7. The van der Waals surface area contributed by atoms with Gasteiger partial charge in [-0.05, 0) is 123 Å². The van der Waals surface area contributed by atoms with E-state index in [1.165, 1.54) is 99.1 Å². The third-order valence-corrected chi connectivity index (χ3v) is 12.2. The van der Waals surface area contributed by atoms with Crippen LogP contribution in [-0.4, -0.2) is 0 Å². The number of rotatable bonds is 6. The van der Waals surface area contributed by atoms with Crippen LogP contribution in [0.2, 0.25) is 0 Å². The van der Waals surface area contributed by atoms with E-state index in [1.54, 1.807) is 0 Å². The van der Waals surface area contributed by atoms with Gasteiger partial charge in [-0.3, -0.25) is 0 Å². The standard InChI is InChI=1S/C26H18.C22H16.C18H14/c1-2-9-19(10-3-1)20-13-8-14-23(17-20)26-24-15-6-4-11-21(24)18-22-12-5-7-16-25(22)26;1-2-8-17(9-3-1)19-12-6-13-20(16-19)22-15-7-11-18-10-4-5-14-21(18)22;1-3-8-15(9-4-1)17-12-7-13-18(14-17)16-10-5-2-6-11-16/h1-18H;1-16H;1-14H. The Hall–Kier alpha value is -8.58. The van der Waals surface area contributed by atoms with Gasteiger partial charge in [0.15, 0.2) is 0 Å². The number of benzene rings is 12. The van der Waals surface area contributed by atoms with E-state index >= 15 is 0 Å². The van der Waals surface area contributed by atoms with Gasteiger partial charge >= 0.3 is 0 Å². The van der Waals surface area contributed by atoms with E-state index in [9.17, 15) is 0 Å². The molecule has 0 atom stereocenters. The number of hydrogen-bond donors (Lipinski definition) is 0. The minimum absolute atomic E-state index is 1.25. The summed E-state index contributed by atoms with van der Waals surface area (Å²) in [6, 6.07) is 103. The molecule has 0 heterocycles. The summed E-state index contributed by atoms with van der Waals surface area (Å²) in [6.45, 7) is 0. The zero-order valence-corrected chi connectivity index (χ0v) is 36.7. The molecular weight excluding hydrogens is 793 g/mol. The molecular formula is C66H48. The Balaban J connectivity index is 0.000000118. The lowest BCUT2D eigenvalue weighted by Gasteiger charge is -2.13. The van der Waals surface area contributed by atoms with Gasteiger partial charge < -0.3 is 0 Å². The van der Waals surface area contributed by atoms with Crippen LogP contribution < -0.4 is 0 Å². The molecule has 0 heteroatoms. The molecule has 312 valence electrons. The zero-order chi connectivity index (χ0) is 44.3. The monoisotopic (exact) mass is 840 g/mol. The minimum Gasteiger partial charge on any atom is -0.0622 e. The summed E-state index contributed by atoms with van der Waals surface area (Å²) in [5.74, 6) is 0. The second kappa shape index (κ2) is 19.9. The van der Waals surface area contributed by atoms with Crippen LogP contribution in [0.3, 0.4) is 0 Å². The molecule has 0 aliphatic carbocycles. The molecule has 0 spiro atoms. The van der Waals surface area contributed by atoms with Crippen molar-refractivity contribution >= 4 is 32.3 Å². The summed E-state index contributed by atoms with van der Waals surface area (Å²) < 4.78 is 0. The van der Waals surface area contributed by atoms with Crippen molar-refractivity contribution in [2.24, 2.45) is 0 Å². The van der Waals surface area contributed by atoms with Crippen LogP contribution in [0.25, 0.3) is 99.1 Å². The molecule has 0 bridgehead atoms. The Bertz CT molecular complexity index is 3390. The van der Waals surface area contributed by atoms with Gasteiger partial charge in [-0.15, -0.1) is 0 Å². The third-order valence-electron chi connectivity index (χ3n) is 12.2. The van der Waals surface area contributed by atoms with Crippen molar-refractivity contribution < 1.29 is 0 Å². The van der Waals surface area contributed by atoms with Crippen LogP contribution in [0, 0.1) is 0 Å². The molecule has 0 saturated heterocycles. The van der Waals surface area contributed by atoms with Gasteiger partial charge in [0.2, 0.25) is 0 Å². The lowest BCUT2D eigenvalue weighted by atomic mass is 9.90. The molecule has 0 fully saturated rings. The largest absolute Gasteiger partial charge is 0.0622 e. The number of hydrogen-bond acceptors (Lipinski definition) is 0. The van der Waals surface area contributed by atoms with Gasteiger partial charge in [0.1, 0.15) is 0 Å². The first-order chi connectivity index (χ1) is 32.7. The molecule has 0 N–H and O–H groups in total. The molecule has 0 amide bonds. The van der Waals surface area contributed by atoms with Crippen molar-refractivity contribution in [1.29, 1.82) is 0 Å². The van der Waals surface area contributed by atoms with E-state index in [0.717, 1.165) is 0 Å². The fourth-order valence-electron chi connectivity index (χ4n) is 8.92. The first kappa shape index (κ1) is 41.4. The van der Waals surface area contributed by atoms with Crippen molar-refractivity contribution in [3.63, 3.8) is 0 Å². The Kier molecular flexibility index (Phi) is 12.5. The normalized spacial score (nSPS) is 10.7. The molecule has 0 saturated carbocycles. The highest BCUT2D eigenvalue weighted by Gasteiger charge is 2.11. The third kappa shape index (κ3) is 9.36. The average Bonchev–Trinajstić information content (AvgIpc) is 3.41. The summed E-state index contributed by atoms with van der Waals surface area (Å²) in [4.78, 5) is 0. The van der Waals surface area contributed by atoms with Gasteiger partial charge in [-0.2, -0.15) is 0 Å². The van der Waals surface area contributed by atoms with Gasteiger partial charge in [-0.1, -0.05) is 267 Å². The lowest BCUT2D eigenvalue weighted by molar-refractivity contribution is 1.59. The first-order valence-corrected chi connectivity index (χ1v) is 22.7. The van der Waals surface area contributed by atoms with E-state index in [2.05, 4.69) is 279 Å². The average molecular weight is 841 g/mol. The predicted molar refractivity (Wildman–Crippen MR) is 284 cm³/mol. The maximum absolute atomic E-state index is 2.31. The summed E-state index contributed by atoms with van der Waals surface area (Å²) in [5, 5.41) is 7.76. The zero-order valence-electron chi connectivity index (χ0n) is 36.7. The molecule has 12 aromatic rings. The van der Waals surface area contributed by atoms with Crippen molar-refractivity contribution in [3.8, 4) is 66.8 Å². The van der Waals surface area contributed by atoms with E-state index in [4.69, 9.17) is 0 Å². The maximum atomic E-state index is 2.31. The quantitative estimate of drug-likeness (QED) is 0.146. The van der Waals surface area contributed by atoms with Gasteiger partial charge in [-0.25, -0.2) is 0 Å². The topological polar surface area (TPSA) is 0 Å². The fraction of sp³-hybridized carbons (Fsp3) is 0. The van der Waals surface area contributed by atoms with Crippen LogP contribution in [0.1, 0.15) is 0 Å². The minimum atomic E-state index is 1.25. The molecule has 0 aromatic heterocycles. The second-order valence-corrected chi connectivity index (χ2v) is 16.4. The second-order valence-electron chi connectivity index (χ2n) is 16.4. The van der Waals surface area contributed by atoms with Crippen LogP contribution in [0.5, 0.6) is 0 Å². The lowest BCUT2D eigenvalue weighted by Crippen LogP contribution is -1.86. The van der Waals surface area contributed by atoms with E-state index in [0.29, 0.717) is 0 Å². The van der Waals surface area contributed by atoms with Crippen molar-refractivity contribution in [1.82, 2.24) is 0 Å². The van der Waals surface area contributed by atoms with Crippen molar-refractivity contribution in [2.45, 2.75) is 0 Å². The summed E-state index contributed by atoms with van der Waals surface area (Å²) in [6.07, 6.45) is 0. The van der Waals surface area contributed by atoms with Gasteiger partial charge in [0.25, 0.3) is 0 Å². The number of fused-ring (bicyclic) bond motifs is 3. The van der Waals surface area contributed by atoms with E-state index < -0.39 is 0 Å². The van der Waals surface area contributed by atoms with Gasteiger partial charge in [0, 0.05) is 0 Å². The summed E-state index contributed by atoms with van der Waals surface area (Å²) in [5.41, 5.74) is 15.2. The van der Waals surface area contributed by atoms with Crippen LogP contribution in [0.4, 0.5) is 0 Å². The van der Waals surface area contributed by atoms with Crippen molar-refractivity contribution in [3.05, 3.63) is 291 Å². The molecule has 12 aromatic carbocycles. The van der Waals surface area contributed by atoms with Gasteiger partial charge in [0.05, 0.1) is 0 Å². The molecule has 66 heavy (non-hydrogen) atoms. The fourth-order valence-corrected chi connectivity index (χ4v) is 8.92. The molecule has 0 unspecified atom stereocenters. The molecule has 12 rings (SSSR count). The van der Waals surface area contributed by atoms with Crippen LogP contribution in [0.15, 0.2) is 291 Å². The molecule has 0 aliphatic heterocycles. The maximum Gasteiger partial charge on any atom is -0.00266 e. The van der Waals surface area contributed by atoms with E-state index in [-0.39, 0.29) is 0 Å². The SMILES string of the molecule is c1ccc(-c2cccc(-c3c4ccccc4cc4ccccc34)c2)cc1.c1ccc(-c2cccc(-c3cccc4ccccc34)c2)cc1.c1ccc(-c2cccc(-c3ccccc3)c2)cc1. The van der Waals surface area contributed by atoms with Crippen LogP contribution in [-0.2, 0) is 0 Å². The Morgan fingerprint density at radius 1 is 0.152 bits per heavy atom. The summed E-state index contributed by atoms with van der Waals surface area (Å²) in [7, 11) is 0. The Labute approximate surface area is 388 Å². The van der Waals surface area contributed by atoms with Crippen molar-refractivity contribution in [2.75, 3.05) is 0 Å². The molecule has 0 aliphatic rings. The predicted octanol–water partition coefficient (Wildman–Crippen LogP) is 18.5. The highest BCUT2D eigenvalue weighted by molar-refractivity contribution is 6.13. The van der Waals surface area contributed by atoms with Crippen LogP contribution >= 0.6 is 0 Å². The Morgan fingerprint density at radius 3 is 0.894 bits per heavy atom.